The van der Waals surface area contributed by atoms with Crippen molar-refractivity contribution in [2.24, 2.45) is 0 Å². The van der Waals surface area contributed by atoms with E-state index >= 15 is 0 Å². The van der Waals surface area contributed by atoms with E-state index in [1.807, 2.05) is 12.1 Å². The molecule has 4 aromatic rings. The van der Waals surface area contributed by atoms with Crippen LogP contribution in [0.15, 0.2) is 36.0 Å². The number of nitrogens with zero attached hydrogens (tertiary/aromatic N) is 6. The molecule has 0 amide bonds. The molecule has 0 radical (unpaired) electrons. The van der Waals surface area contributed by atoms with Crippen molar-refractivity contribution in [3.63, 3.8) is 0 Å². The Balaban J connectivity index is 1.36. The summed E-state index contributed by atoms with van der Waals surface area (Å²) in [6.45, 7) is 2.87. The first-order valence-electron chi connectivity index (χ1n) is 11.4. The van der Waals surface area contributed by atoms with E-state index in [-0.39, 0.29) is 5.82 Å². The second-order valence-corrected chi connectivity index (χ2v) is 9.61. The number of aryl methyl sites for hydroxylation is 1. The molecular weight excluding hydrogens is 423 g/mol. The molecule has 6 rings (SSSR count). The van der Waals surface area contributed by atoms with Crippen molar-refractivity contribution in [2.75, 3.05) is 18.0 Å². The van der Waals surface area contributed by atoms with Gasteiger partial charge in [0, 0.05) is 42.9 Å². The minimum atomic E-state index is -0.226. The van der Waals surface area contributed by atoms with Crippen molar-refractivity contribution in [3.8, 4) is 11.1 Å². The third-order valence-corrected chi connectivity index (χ3v) is 7.62. The fourth-order valence-electron chi connectivity index (χ4n) is 5.13. The van der Waals surface area contributed by atoms with E-state index in [1.165, 1.54) is 31.4 Å². The summed E-state index contributed by atoms with van der Waals surface area (Å²) in [5.74, 6) is 3.38. The van der Waals surface area contributed by atoms with Crippen molar-refractivity contribution in [1.82, 2.24) is 24.7 Å². The largest absolute Gasteiger partial charge is 0.355 e. The van der Waals surface area contributed by atoms with Crippen LogP contribution < -0.4 is 4.90 Å². The zero-order chi connectivity index (χ0) is 21.5. The summed E-state index contributed by atoms with van der Waals surface area (Å²) in [4.78, 5) is 12.6. The SMILES string of the molecule is Fc1ccc(-c2csc3ncnc(N4CCCC(c5nnc6n5CCCCC6)C4)c23)cc1. The molecule has 1 aromatic carbocycles. The van der Waals surface area contributed by atoms with Gasteiger partial charge >= 0.3 is 0 Å². The van der Waals surface area contributed by atoms with Crippen molar-refractivity contribution in [1.29, 1.82) is 0 Å². The van der Waals surface area contributed by atoms with Gasteiger partial charge in [-0.1, -0.05) is 18.6 Å². The number of fused-ring (bicyclic) bond motifs is 2. The van der Waals surface area contributed by atoms with Crippen LogP contribution >= 0.6 is 11.3 Å². The molecule has 5 heterocycles. The lowest BCUT2D eigenvalue weighted by Gasteiger charge is -2.33. The highest BCUT2D eigenvalue weighted by Gasteiger charge is 2.29. The summed E-state index contributed by atoms with van der Waals surface area (Å²) >= 11 is 1.61. The smallest absolute Gasteiger partial charge is 0.141 e. The number of rotatable bonds is 3. The summed E-state index contributed by atoms with van der Waals surface area (Å²) < 4.78 is 15.9. The van der Waals surface area contributed by atoms with Crippen molar-refractivity contribution >= 4 is 27.4 Å². The van der Waals surface area contributed by atoms with E-state index in [2.05, 4.69) is 30.0 Å². The van der Waals surface area contributed by atoms with Crippen molar-refractivity contribution < 1.29 is 4.39 Å². The number of thiophene rings is 1. The lowest BCUT2D eigenvalue weighted by Crippen LogP contribution is -2.36. The molecule has 3 aromatic heterocycles. The molecule has 0 spiro atoms. The van der Waals surface area contributed by atoms with Crippen molar-refractivity contribution in [3.05, 3.63) is 53.4 Å². The number of anilines is 1. The van der Waals surface area contributed by atoms with E-state index in [1.54, 1.807) is 17.7 Å². The predicted octanol–water partition coefficient (Wildman–Crippen LogP) is 5.20. The molecule has 1 saturated heterocycles. The highest BCUT2D eigenvalue weighted by Crippen LogP contribution is 2.40. The molecule has 1 fully saturated rings. The summed E-state index contributed by atoms with van der Waals surface area (Å²) in [5.41, 5.74) is 2.06. The standard InChI is InChI=1S/C24H25FN6S/c25-18-9-7-16(8-10-18)19-14-32-24-21(19)23(26-15-27-24)30-11-4-5-17(13-30)22-29-28-20-6-2-1-3-12-31(20)22/h7-10,14-15,17H,1-6,11-13H2. The highest BCUT2D eigenvalue weighted by atomic mass is 32.1. The molecule has 0 bridgehead atoms. The monoisotopic (exact) mass is 448 g/mol. The van der Waals surface area contributed by atoms with Crippen LogP contribution in [0.2, 0.25) is 0 Å². The average molecular weight is 449 g/mol. The Kier molecular flexibility index (Phi) is 5.09. The second-order valence-electron chi connectivity index (χ2n) is 8.76. The molecule has 1 unspecified atom stereocenters. The topological polar surface area (TPSA) is 59.7 Å². The Morgan fingerprint density at radius 2 is 1.88 bits per heavy atom. The minimum Gasteiger partial charge on any atom is -0.355 e. The third-order valence-electron chi connectivity index (χ3n) is 6.73. The normalized spacial score (nSPS) is 19.2. The number of benzene rings is 1. The number of aromatic nitrogens is 5. The zero-order valence-corrected chi connectivity index (χ0v) is 18.7. The van der Waals surface area contributed by atoms with Crippen LogP contribution in [-0.4, -0.2) is 37.8 Å². The third kappa shape index (κ3) is 3.46. The Bertz CT molecular complexity index is 1250. The predicted molar refractivity (Wildman–Crippen MR) is 125 cm³/mol. The number of hydrogen-bond acceptors (Lipinski definition) is 6. The van der Waals surface area contributed by atoms with E-state index < -0.39 is 0 Å². The van der Waals surface area contributed by atoms with Gasteiger partial charge in [-0.25, -0.2) is 14.4 Å². The molecule has 0 saturated carbocycles. The Morgan fingerprint density at radius 3 is 2.78 bits per heavy atom. The van der Waals surface area contributed by atoms with E-state index in [0.717, 1.165) is 77.7 Å². The first kappa shape index (κ1) is 19.8. The molecule has 8 heteroatoms. The van der Waals surface area contributed by atoms with Gasteiger partial charge in [0.25, 0.3) is 0 Å². The quantitative estimate of drug-likeness (QED) is 0.431. The van der Waals surface area contributed by atoms with Gasteiger partial charge in [0.1, 0.15) is 34.4 Å². The fourth-order valence-corrected chi connectivity index (χ4v) is 6.04. The Hall–Kier alpha value is -2.87. The number of halogens is 1. The second kappa shape index (κ2) is 8.24. The molecule has 1 atom stereocenters. The summed E-state index contributed by atoms with van der Waals surface area (Å²) in [7, 11) is 0. The van der Waals surface area contributed by atoms with E-state index in [0.29, 0.717) is 5.92 Å². The Morgan fingerprint density at radius 1 is 0.969 bits per heavy atom. The van der Waals surface area contributed by atoms with Gasteiger partial charge in [-0.2, -0.15) is 0 Å². The van der Waals surface area contributed by atoms with Crippen LogP contribution in [0.5, 0.6) is 0 Å². The number of hydrogen-bond donors (Lipinski definition) is 0. The van der Waals surface area contributed by atoms with Crippen LogP contribution in [0, 0.1) is 5.82 Å². The zero-order valence-electron chi connectivity index (χ0n) is 17.9. The van der Waals surface area contributed by atoms with E-state index in [4.69, 9.17) is 4.98 Å². The molecule has 164 valence electrons. The van der Waals surface area contributed by atoms with Crippen LogP contribution in [0.25, 0.3) is 21.3 Å². The maximum Gasteiger partial charge on any atom is 0.141 e. The molecule has 0 N–H and O–H groups in total. The van der Waals surface area contributed by atoms with Crippen LogP contribution in [-0.2, 0) is 13.0 Å². The Labute approximate surface area is 190 Å². The lowest BCUT2D eigenvalue weighted by molar-refractivity contribution is 0.464. The maximum absolute atomic E-state index is 13.5. The molecule has 2 aliphatic rings. The summed E-state index contributed by atoms with van der Waals surface area (Å²) in [5, 5.41) is 12.3. The lowest BCUT2D eigenvalue weighted by atomic mass is 9.96. The van der Waals surface area contributed by atoms with Crippen molar-refractivity contribution in [2.45, 2.75) is 51.0 Å². The summed E-state index contributed by atoms with van der Waals surface area (Å²) in [6.07, 6.45) is 8.59. The minimum absolute atomic E-state index is 0.226. The first-order valence-corrected chi connectivity index (χ1v) is 12.3. The molecule has 2 aliphatic heterocycles. The highest BCUT2D eigenvalue weighted by molar-refractivity contribution is 7.17. The first-order chi connectivity index (χ1) is 15.8. The van der Waals surface area contributed by atoms with Crippen LogP contribution in [0.3, 0.4) is 0 Å². The van der Waals surface area contributed by atoms with Gasteiger partial charge in [0.05, 0.1) is 5.39 Å². The van der Waals surface area contributed by atoms with Crippen LogP contribution in [0.4, 0.5) is 10.2 Å². The number of piperidine rings is 1. The van der Waals surface area contributed by atoms with Crippen LogP contribution in [0.1, 0.15) is 49.7 Å². The maximum atomic E-state index is 13.5. The molecule has 0 aliphatic carbocycles. The van der Waals surface area contributed by atoms with Gasteiger partial charge < -0.3 is 9.47 Å². The fraction of sp³-hybridized carbons (Fsp3) is 0.417. The van der Waals surface area contributed by atoms with E-state index in [9.17, 15) is 4.39 Å². The van der Waals surface area contributed by atoms with Gasteiger partial charge in [0.15, 0.2) is 0 Å². The molecular formula is C24H25FN6S. The van der Waals surface area contributed by atoms with Gasteiger partial charge in [-0.3, -0.25) is 0 Å². The van der Waals surface area contributed by atoms with Gasteiger partial charge in [-0.05, 0) is 43.4 Å². The average Bonchev–Trinajstić information content (AvgIpc) is 3.37. The molecule has 32 heavy (non-hydrogen) atoms. The van der Waals surface area contributed by atoms with Gasteiger partial charge in [0.2, 0.25) is 0 Å². The van der Waals surface area contributed by atoms with Gasteiger partial charge in [-0.15, -0.1) is 21.5 Å². The molecule has 6 nitrogen and oxygen atoms in total. The summed E-state index contributed by atoms with van der Waals surface area (Å²) in [6, 6.07) is 6.68.